The zero-order valence-corrected chi connectivity index (χ0v) is 14.4. The normalized spacial score (nSPS) is 14.7. The number of nitrogens with zero attached hydrogens (tertiary/aromatic N) is 3. The molecular weight excluding hydrogens is 320 g/mol. The van der Waals surface area contributed by atoms with Crippen LogP contribution in [0.2, 0.25) is 0 Å². The summed E-state index contributed by atoms with van der Waals surface area (Å²) in [6.45, 7) is 3.64. The number of thioether (sulfide) groups is 1. The molecule has 2 aromatic rings. The van der Waals surface area contributed by atoms with Crippen LogP contribution in [0.25, 0.3) is 0 Å². The van der Waals surface area contributed by atoms with Gasteiger partial charge in [0.25, 0.3) is 0 Å². The van der Waals surface area contributed by atoms with Crippen molar-refractivity contribution in [3.63, 3.8) is 0 Å². The average molecular weight is 338 g/mol. The Balaban J connectivity index is 1.77. The van der Waals surface area contributed by atoms with E-state index in [-0.39, 0.29) is 11.2 Å². The largest absolute Gasteiger partial charge is 0.325 e. The van der Waals surface area contributed by atoms with E-state index in [1.165, 1.54) is 11.8 Å². The summed E-state index contributed by atoms with van der Waals surface area (Å²) in [5.41, 5.74) is 1.91. The molecule has 0 saturated heterocycles. The van der Waals surface area contributed by atoms with Crippen LogP contribution in [0.5, 0.6) is 0 Å². The zero-order chi connectivity index (χ0) is 17.1. The number of hydrogen-bond donors (Lipinski definition) is 1. The molecule has 0 spiro atoms. The summed E-state index contributed by atoms with van der Waals surface area (Å²) in [5.74, 6) is 1.09. The second-order valence-corrected chi connectivity index (χ2v) is 7.18. The fraction of sp³-hybridized carbons (Fsp3) is 0.333. The van der Waals surface area contributed by atoms with Crippen LogP contribution in [0.15, 0.2) is 35.4 Å². The molecule has 122 valence electrons. The third kappa shape index (κ3) is 3.74. The first-order valence-electron chi connectivity index (χ1n) is 7.89. The van der Waals surface area contributed by atoms with Gasteiger partial charge in [-0.3, -0.25) is 4.79 Å². The molecule has 1 heterocycles. The Morgan fingerprint density at radius 2 is 2.04 bits per heavy atom. The quantitative estimate of drug-likeness (QED) is 0.665. The fourth-order valence-electron chi connectivity index (χ4n) is 2.29. The van der Waals surface area contributed by atoms with Crippen molar-refractivity contribution in [3.05, 3.63) is 47.4 Å². The fourth-order valence-corrected chi connectivity index (χ4v) is 3.25. The molecule has 0 bridgehead atoms. The number of aromatic nitrogens is 2. The van der Waals surface area contributed by atoms with E-state index in [1.54, 1.807) is 0 Å². The number of aryl methyl sites for hydroxylation is 1. The van der Waals surface area contributed by atoms with Crippen LogP contribution >= 0.6 is 11.8 Å². The molecule has 1 saturated carbocycles. The number of anilines is 1. The Hall–Kier alpha value is -2.39. The molecular formula is C18H18N4OS. The Bertz CT molecular complexity index is 797. The summed E-state index contributed by atoms with van der Waals surface area (Å²) in [4.78, 5) is 21.4. The lowest BCUT2D eigenvalue weighted by Crippen LogP contribution is -2.22. The minimum Gasteiger partial charge on any atom is -0.325 e. The highest BCUT2D eigenvalue weighted by Gasteiger charge is 2.29. The number of amides is 1. The van der Waals surface area contributed by atoms with Crippen molar-refractivity contribution in [2.45, 2.75) is 42.9 Å². The Labute approximate surface area is 145 Å². The van der Waals surface area contributed by atoms with E-state index in [0.29, 0.717) is 22.2 Å². The van der Waals surface area contributed by atoms with E-state index in [4.69, 9.17) is 0 Å². The number of hydrogen-bond acceptors (Lipinski definition) is 5. The minimum atomic E-state index is -0.362. The minimum absolute atomic E-state index is 0.112. The lowest BCUT2D eigenvalue weighted by Gasteiger charge is -2.13. The molecule has 24 heavy (non-hydrogen) atoms. The standard InChI is InChI=1S/C18H18N4OS/c1-11-15(10-19)18(22-16(20-11)13-8-9-13)24-12(2)17(23)21-14-6-4-3-5-7-14/h3-7,12-13H,8-9H2,1-2H3,(H,21,23). The van der Waals surface area contributed by atoms with Crippen molar-refractivity contribution in [3.8, 4) is 6.07 Å². The van der Waals surface area contributed by atoms with Crippen molar-refractivity contribution in [1.29, 1.82) is 5.26 Å². The zero-order valence-electron chi connectivity index (χ0n) is 13.6. The molecule has 1 aliphatic rings. The van der Waals surface area contributed by atoms with E-state index in [9.17, 15) is 10.1 Å². The van der Waals surface area contributed by atoms with Crippen molar-refractivity contribution in [1.82, 2.24) is 9.97 Å². The Morgan fingerprint density at radius 3 is 2.67 bits per heavy atom. The van der Waals surface area contributed by atoms with Crippen LogP contribution in [0, 0.1) is 18.3 Å². The van der Waals surface area contributed by atoms with Gasteiger partial charge in [0, 0.05) is 11.6 Å². The molecule has 0 aliphatic heterocycles. The summed E-state index contributed by atoms with van der Waals surface area (Å²) in [7, 11) is 0. The van der Waals surface area contributed by atoms with Crippen LogP contribution in [0.1, 0.15) is 42.8 Å². The molecule has 6 heteroatoms. The maximum absolute atomic E-state index is 12.4. The first-order chi connectivity index (χ1) is 11.6. The van der Waals surface area contributed by atoms with E-state index in [0.717, 1.165) is 24.4 Å². The highest BCUT2D eigenvalue weighted by Crippen LogP contribution is 2.39. The maximum atomic E-state index is 12.4. The molecule has 1 fully saturated rings. The van der Waals surface area contributed by atoms with Gasteiger partial charge < -0.3 is 5.32 Å². The summed E-state index contributed by atoms with van der Waals surface area (Å²) >= 11 is 1.31. The van der Waals surface area contributed by atoms with Gasteiger partial charge in [-0.1, -0.05) is 30.0 Å². The van der Waals surface area contributed by atoms with Gasteiger partial charge in [0.2, 0.25) is 5.91 Å². The van der Waals surface area contributed by atoms with Crippen LogP contribution in [0.3, 0.4) is 0 Å². The first-order valence-corrected chi connectivity index (χ1v) is 8.77. The van der Waals surface area contributed by atoms with Crippen LogP contribution in [-0.2, 0) is 4.79 Å². The lowest BCUT2D eigenvalue weighted by atomic mass is 10.2. The Kier molecular flexibility index (Phi) is 4.81. The predicted molar refractivity (Wildman–Crippen MR) is 93.8 cm³/mol. The van der Waals surface area contributed by atoms with Crippen LogP contribution in [0.4, 0.5) is 5.69 Å². The van der Waals surface area contributed by atoms with Crippen molar-refractivity contribution in [2.24, 2.45) is 0 Å². The second kappa shape index (κ2) is 7.02. The number of nitrogens with one attached hydrogen (secondary N) is 1. The maximum Gasteiger partial charge on any atom is 0.237 e. The van der Waals surface area contributed by atoms with Gasteiger partial charge in [-0.15, -0.1) is 0 Å². The molecule has 1 aromatic heterocycles. The summed E-state index contributed by atoms with van der Waals surface area (Å²) in [6.07, 6.45) is 2.19. The average Bonchev–Trinajstić information content (AvgIpc) is 3.40. The molecule has 1 aromatic carbocycles. The Morgan fingerprint density at radius 1 is 1.33 bits per heavy atom. The highest BCUT2D eigenvalue weighted by atomic mass is 32.2. The highest BCUT2D eigenvalue weighted by molar-refractivity contribution is 8.00. The number of benzene rings is 1. The van der Waals surface area contributed by atoms with Crippen LogP contribution < -0.4 is 5.32 Å². The van der Waals surface area contributed by atoms with Gasteiger partial charge in [-0.2, -0.15) is 5.26 Å². The van der Waals surface area contributed by atoms with Crippen molar-refractivity contribution < 1.29 is 4.79 Å². The smallest absolute Gasteiger partial charge is 0.237 e. The van der Waals surface area contributed by atoms with Gasteiger partial charge >= 0.3 is 0 Å². The topological polar surface area (TPSA) is 78.7 Å². The number of nitriles is 1. The summed E-state index contributed by atoms with van der Waals surface area (Å²) in [5, 5.41) is 12.5. The van der Waals surface area contributed by atoms with E-state index >= 15 is 0 Å². The van der Waals surface area contributed by atoms with E-state index in [1.807, 2.05) is 44.2 Å². The van der Waals surface area contributed by atoms with Gasteiger partial charge in [0.05, 0.1) is 10.9 Å². The van der Waals surface area contributed by atoms with Gasteiger partial charge in [0.1, 0.15) is 22.5 Å². The number of carbonyl (C=O) groups is 1. The van der Waals surface area contributed by atoms with Gasteiger partial charge in [-0.25, -0.2) is 9.97 Å². The number of rotatable bonds is 5. The molecule has 1 N–H and O–H groups in total. The molecule has 1 aliphatic carbocycles. The predicted octanol–water partition coefficient (Wildman–Crippen LogP) is 3.65. The first kappa shape index (κ1) is 16.5. The van der Waals surface area contributed by atoms with Crippen molar-refractivity contribution in [2.75, 3.05) is 5.32 Å². The molecule has 5 nitrogen and oxygen atoms in total. The third-order valence-corrected chi connectivity index (χ3v) is 4.91. The molecule has 3 rings (SSSR count). The molecule has 1 unspecified atom stereocenters. The molecule has 0 radical (unpaired) electrons. The van der Waals surface area contributed by atoms with Crippen molar-refractivity contribution >= 4 is 23.4 Å². The third-order valence-electron chi connectivity index (χ3n) is 3.83. The van der Waals surface area contributed by atoms with E-state index < -0.39 is 0 Å². The van der Waals surface area contributed by atoms with E-state index in [2.05, 4.69) is 21.4 Å². The number of para-hydroxylation sites is 1. The monoisotopic (exact) mass is 338 g/mol. The summed E-state index contributed by atoms with van der Waals surface area (Å²) < 4.78 is 0. The summed E-state index contributed by atoms with van der Waals surface area (Å²) in [6, 6.07) is 11.5. The lowest BCUT2D eigenvalue weighted by molar-refractivity contribution is -0.115. The molecule has 1 amide bonds. The van der Waals surface area contributed by atoms with Gasteiger partial charge in [-0.05, 0) is 38.8 Å². The van der Waals surface area contributed by atoms with Gasteiger partial charge in [0.15, 0.2) is 0 Å². The second-order valence-electron chi connectivity index (χ2n) is 5.85. The number of carbonyl (C=O) groups excluding carboxylic acids is 1. The SMILES string of the molecule is Cc1nc(C2CC2)nc(SC(C)C(=O)Nc2ccccc2)c1C#N. The van der Waals surface area contributed by atoms with Crippen LogP contribution in [-0.4, -0.2) is 21.1 Å². The molecule has 1 atom stereocenters.